The molecule has 1 aliphatic heterocycles. The summed E-state index contributed by atoms with van der Waals surface area (Å²) in [7, 11) is 0. The van der Waals surface area contributed by atoms with E-state index in [1.165, 1.54) is 17.4 Å². The van der Waals surface area contributed by atoms with Crippen molar-refractivity contribution in [1.82, 2.24) is 5.16 Å². The number of carbonyl (C=O) groups excluding carboxylic acids is 2. The molecule has 0 aliphatic carbocycles. The highest BCUT2D eigenvalue weighted by molar-refractivity contribution is 7.13. The van der Waals surface area contributed by atoms with Gasteiger partial charge in [-0.15, -0.1) is 11.3 Å². The van der Waals surface area contributed by atoms with Crippen LogP contribution in [0.5, 0.6) is 11.5 Å². The van der Waals surface area contributed by atoms with Crippen LogP contribution in [0.2, 0.25) is 0 Å². The molecular weight excluding hydrogens is 346 g/mol. The fourth-order valence-corrected chi connectivity index (χ4v) is 3.11. The predicted octanol–water partition coefficient (Wildman–Crippen LogP) is 2.48. The van der Waals surface area contributed by atoms with Crippen LogP contribution in [0.15, 0.2) is 40.2 Å². The molecule has 0 saturated carbocycles. The minimum atomic E-state index is -0.745. The number of ether oxygens (including phenoxy) is 2. The summed E-state index contributed by atoms with van der Waals surface area (Å²) in [5.41, 5.74) is 6.07. The van der Waals surface area contributed by atoms with Crippen LogP contribution in [-0.4, -0.2) is 23.8 Å². The number of aromatic nitrogens is 1. The van der Waals surface area contributed by atoms with E-state index in [9.17, 15) is 9.59 Å². The van der Waals surface area contributed by atoms with Crippen molar-refractivity contribution in [2.45, 2.75) is 0 Å². The molecule has 0 atom stereocenters. The van der Waals surface area contributed by atoms with E-state index < -0.39 is 11.8 Å². The molecule has 2 aromatic heterocycles. The monoisotopic (exact) mass is 357 g/mol. The van der Waals surface area contributed by atoms with Gasteiger partial charge in [-0.3, -0.25) is 14.9 Å². The molecule has 25 heavy (non-hydrogen) atoms. The van der Waals surface area contributed by atoms with Crippen molar-refractivity contribution in [3.8, 4) is 22.1 Å². The second-order valence-corrected chi connectivity index (χ2v) is 6.05. The fourth-order valence-electron chi connectivity index (χ4n) is 2.40. The van der Waals surface area contributed by atoms with Gasteiger partial charge in [-0.05, 0) is 29.6 Å². The Bertz CT molecular complexity index is 964. The Hall–Kier alpha value is -3.33. The number of hydrogen-bond donors (Lipinski definition) is 2. The van der Waals surface area contributed by atoms with E-state index in [-0.39, 0.29) is 18.2 Å². The Kier molecular flexibility index (Phi) is 3.62. The van der Waals surface area contributed by atoms with Crippen LogP contribution < -0.4 is 20.5 Å². The van der Waals surface area contributed by atoms with Gasteiger partial charge >= 0.3 is 0 Å². The van der Waals surface area contributed by atoms with Crippen molar-refractivity contribution in [3.05, 3.63) is 46.8 Å². The molecule has 3 aromatic rings. The molecule has 2 amide bonds. The lowest BCUT2D eigenvalue weighted by atomic mass is 10.1. The molecular formula is C16H11N3O5S. The van der Waals surface area contributed by atoms with Gasteiger partial charge in [-0.2, -0.15) is 0 Å². The minimum absolute atomic E-state index is 0.0246. The van der Waals surface area contributed by atoms with E-state index in [1.54, 1.807) is 18.2 Å². The van der Waals surface area contributed by atoms with E-state index >= 15 is 0 Å². The van der Waals surface area contributed by atoms with Crippen LogP contribution in [0.1, 0.15) is 20.7 Å². The van der Waals surface area contributed by atoms with Gasteiger partial charge in [0.2, 0.25) is 12.7 Å². The van der Waals surface area contributed by atoms with Gasteiger partial charge in [-0.25, -0.2) is 0 Å². The Labute approximate surface area is 145 Å². The van der Waals surface area contributed by atoms with Crippen molar-refractivity contribution < 1.29 is 23.6 Å². The van der Waals surface area contributed by atoms with Crippen molar-refractivity contribution in [2.24, 2.45) is 5.73 Å². The summed E-state index contributed by atoms with van der Waals surface area (Å²) in [6.45, 7) is 0.110. The van der Waals surface area contributed by atoms with Gasteiger partial charge in [0, 0.05) is 5.56 Å². The maximum absolute atomic E-state index is 12.4. The summed E-state index contributed by atoms with van der Waals surface area (Å²) < 4.78 is 15.6. The standard InChI is InChI=1S/C16H11N3O5S/c17-14(20)12-13(11-2-1-5-25-11)19-24-16(12)18-15(21)8-3-4-9-10(6-8)23-7-22-9/h1-6H,7H2,(H2,17,20)(H,18,21). The Balaban J connectivity index is 1.64. The highest BCUT2D eigenvalue weighted by Gasteiger charge is 2.25. The molecule has 0 unspecified atom stereocenters. The number of nitrogens with zero attached hydrogens (tertiary/aromatic N) is 1. The zero-order chi connectivity index (χ0) is 17.4. The molecule has 0 radical (unpaired) electrons. The lowest BCUT2D eigenvalue weighted by Crippen LogP contribution is -2.17. The van der Waals surface area contributed by atoms with Crippen molar-refractivity contribution in [2.75, 3.05) is 12.1 Å². The van der Waals surface area contributed by atoms with E-state index in [0.29, 0.717) is 27.6 Å². The average Bonchev–Trinajstić information content (AvgIpc) is 3.33. The largest absolute Gasteiger partial charge is 0.454 e. The fraction of sp³-hybridized carbons (Fsp3) is 0.0625. The third-order valence-electron chi connectivity index (χ3n) is 3.55. The molecule has 9 heteroatoms. The first-order valence-electron chi connectivity index (χ1n) is 7.18. The topological polar surface area (TPSA) is 117 Å². The van der Waals surface area contributed by atoms with Crippen LogP contribution in [0, 0.1) is 0 Å². The summed E-state index contributed by atoms with van der Waals surface area (Å²) in [4.78, 5) is 25.0. The van der Waals surface area contributed by atoms with Gasteiger partial charge in [0.15, 0.2) is 11.5 Å². The van der Waals surface area contributed by atoms with Gasteiger partial charge < -0.3 is 19.7 Å². The summed E-state index contributed by atoms with van der Waals surface area (Å²) in [5.74, 6) is -0.299. The first-order chi connectivity index (χ1) is 12.1. The molecule has 0 fully saturated rings. The SMILES string of the molecule is NC(=O)c1c(-c2cccs2)noc1NC(=O)c1ccc2c(c1)OCO2. The molecule has 3 N–H and O–H groups in total. The summed E-state index contributed by atoms with van der Waals surface area (Å²) in [6, 6.07) is 8.33. The first-order valence-corrected chi connectivity index (χ1v) is 8.06. The minimum Gasteiger partial charge on any atom is -0.454 e. The zero-order valence-corrected chi connectivity index (χ0v) is 13.5. The number of primary amides is 1. The van der Waals surface area contributed by atoms with Crippen LogP contribution in [0.25, 0.3) is 10.6 Å². The van der Waals surface area contributed by atoms with Crippen LogP contribution >= 0.6 is 11.3 Å². The van der Waals surface area contributed by atoms with Crippen molar-refractivity contribution in [1.29, 1.82) is 0 Å². The van der Waals surface area contributed by atoms with Gasteiger partial charge in [0.25, 0.3) is 11.8 Å². The second kappa shape index (κ2) is 5.95. The number of anilines is 1. The molecule has 0 bridgehead atoms. The quantitative estimate of drug-likeness (QED) is 0.741. The summed E-state index contributed by atoms with van der Waals surface area (Å²) in [5, 5.41) is 8.21. The van der Waals surface area contributed by atoms with Crippen LogP contribution in [0.4, 0.5) is 5.88 Å². The highest BCUT2D eigenvalue weighted by Crippen LogP contribution is 2.34. The van der Waals surface area contributed by atoms with Gasteiger partial charge in [0.05, 0.1) is 4.88 Å². The van der Waals surface area contributed by atoms with Gasteiger partial charge in [0.1, 0.15) is 11.3 Å². The smallest absolute Gasteiger partial charge is 0.258 e. The molecule has 1 aliphatic rings. The number of thiophene rings is 1. The number of benzene rings is 1. The van der Waals surface area contributed by atoms with Crippen molar-refractivity contribution in [3.63, 3.8) is 0 Å². The predicted molar refractivity (Wildman–Crippen MR) is 88.9 cm³/mol. The second-order valence-electron chi connectivity index (χ2n) is 5.10. The maximum atomic E-state index is 12.4. The summed E-state index contributed by atoms with van der Waals surface area (Å²) >= 11 is 1.38. The third kappa shape index (κ3) is 2.70. The number of carbonyl (C=O) groups is 2. The molecule has 3 heterocycles. The molecule has 8 nitrogen and oxygen atoms in total. The molecule has 0 saturated heterocycles. The maximum Gasteiger partial charge on any atom is 0.258 e. The Morgan fingerprint density at radius 1 is 1.20 bits per heavy atom. The number of nitrogens with two attached hydrogens (primary N) is 1. The Morgan fingerprint density at radius 2 is 2.04 bits per heavy atom. The number of rotatable bonds is 4. The summed E-state index contributed by atoms with van der Waals surface area (Å²) in [6.07, 6.45) is 0. The highest BCUT2D eigenvalue weighted by atomic mass is 32.1. The van der Waals surface area contributed by atoms with E-state index in [4.69, 9.17) is 19.7 Å². The average molecular weight is 357 g/mol. The Morgan fingerprint density at radius 3 is 2.80 bits per heavy atom. The number of nitrogens with one attached hydrogen (secondary N) is 1. The zero-order valence-electron chi connectivity index (χ0n) is 12.6. The normalized spacial score (nSPS) is 12.2. The van der Waals surface area contributed by atoms with E-state index in [0.717, 1.165) is 0 Å². The van der Waals surface area contributed by atoms with E-state index in [2.05, 4.69) is 10.5 Å². The number of fused-ring (bicyclic) bond motifs is 1. The first kappa shape index (κ1) is 15.2. The molecule has 4 rings (SSSR count). The molecule has 126 valence electrons. The van der Waals surface area contributed by atoms with Crippen LogP contribution in [-0.2, 0) is 0 Å². The van der Waals surface area contributed by atoms with Crippen molar-refractivity contribution >= 4 is 29.0 Å². The van der Waals surface area contributed by atoms with Gasteiger partial charge in [-0.1, -0.05) is 11.2 Å². The number of amides is 2. The third-order valence-corrected chi connectivity index (χ3v) is 4.43. The molecule has 1 aromatic carbocycles. The van der Waals surface area contributed by atoms with Crippen LogP contribution in [0.3, 0.4) is 0 Å². The molecule has 0 spiro atoms. The number of hydrogen-bond acceptors (Lipinski definition) is 7. The van der Waals surface area contributed by atoms with E-state index in [1.807, 2.05) is 11.4 Å². The lowest BCUT2D eigenvalue weighted by molar-refractivity contribution is 0.100. The lowest BCUT2D eigenvalue weighted by Gasteiger charge is -2.04.